The van der Waals surface area contributed by atoms with Gasteiger partial charge in [0, 0.05) is 38.3 Å². The lowest BCUT2D eigenvalue weighted by Gasteiger charge is -2.34. The van der Waals surface area contributed by atoms with Crippen LogP contribution in [0, 0.1) is 6.92 Å². The molecule has 0 aliphatic carbocycles. The molecule has 0 spiro atoms. The van der Waals surface area contributed by atoms with Crippen molar-refractivity contribution in [2.24, 2.45) is 0 Å². The molecule has 2 aliphatic rings. The third-order valence-corrected chi connectivity index (χ3v) is 5.94. The van der Waals surface area contributed by atoms with Crippen molar-refractivity contribution >= 4 is 5.91 Å². The molecular formula is C24H31N3O4. The lowest BCUT2D eigenvalue weighted by atomic mass is 10.1. The zero-order valence-electron chi connectivity index (χ0n) is 18.5. The fraction of sp³-hybridized carbons (Fsp3) is 0.458. The summed E-state index contributed by atoms with van der Waals surface area (Å²) in [4.78, 5) is 17.2. The van der Waals surface area contributed by atoms with Gasteiger partial charge in [-0.2, -0.15) is 0 Å². The number of hydrogen-bond donors (Lipinski definition) is 1. The molecule has 0 aromatic heterocycles. The molecule has 2 aromatic carbocycles. The second kappa shape index (κ2) is 9.58. The Labute approximate surface area is 183 Å². The fourth-order valence-electron chi connectivity index (χ4n) is 4.13. The monoisotopic (exact) mass is 425 g/mol. The van der Waals surface area contributed by atoms with Crippen LogP contribution >= 0.6 is 0 Å². The first-order chi connectivity index (χ1) is 15.0. The van der Waals surface area contributed by atoms with Crippen LogP contribution in [0.3, 0.4) is 0 Å². The number of benzene rings is 2. The summed E-state index contributed by atoms with van der Waals surface area (Å²) in [5, 5.41) is 3.10. The number of fused-ring (bicyclic) bond motifs is 1. The number of aryl methyl sites for hydroxylation is 1. The molecule has 0 radical (unpaired) electrons. The quantitative estimate of drug-likeness (QED) is 0.736. The number of rotatable bonds is 7. The second-order valence-electron chi connectivity index (χ2n) is 8.27. The molecule has 2 aromatic rings. The van der Waals surface area contributed by atoms with Gasteiger partial charge < -0.3 is 19.5 Å². The maximum Gasteiger partial charge on any atom is 0.234 e. The van der Waals surface area contributed by atoms with Crippen molar-refractivity contribution < 1.29 is 19.0 Å². The Morgan fingerprint density at radius 2 is 1.81 bits per heavy atom. The van der Waals surface area contributed by atoms with E-state index in [1.54, 1.807) is 7.11 Å². The van der Waals surface area contributed by atoms with Crippen molar-refractivity contribution in [2.75, 3.05) is 46.6 Å². The molecule has 0 saturated carbocycles. The summed E-state index contributed by atoms with van der Waals surface area (Å²) in [7, 11) is 1.72. The zero-order valence-corrected chi connectivity index (χ0v) is 18.5. The highest BCUT2D eigenvalue weighted by Crippen LogP contribution is 2.34. The van der Waals surface area contributed by atoms with Crippen LogP contribution in [0.4, 0.5) is 0 Å². The molecule has 2 heterocycles. The Kier molecular flexibility index (Phi) is 6.63. The van der Waals surface area contributed by atoms with E-state index in [1.807, 2.05) is 31.2 Å². The average molecular weight is 426 g/mol. The first-order valence-electron chi connectivity index (χ1n) is 10.8. The van der Waals surface area contributed by atoms with E-state index < -0.39 is 0 Å². The number of hydrogen-bond acceptors (Lipinski definition) is 6. The van der Waals surface area contributed by atoms with E-state index >= 15 is 0 Å². The maximum absolute atomic E-state index is 12.6. The molecule has 1 atom stereocenters. The van der Waals surface area contributed by atoms with Gasteiger partial charge in [-0.05, 0) is 37.6 Å². The summed E-state index contributed by atoms with van der Waals surface area (Å²) >= 11 is 0. The van der Waals surface area contributed by atoms with Crippen molar-refractivity contribution in [1.82, 2.24) is 15.1 Å². The van der Waals surface area contributed by atoms with Gasteiger partial charge in [-0.3, -0.25) is 14.6 Å². The standard InChI is InChI=1S/C24H31N3O4/c1-17-4-6-21(29-3)20(12-17)14-26-8-10-27(11-9-26)15-24(28)25-18(2)19-5-7-22-23(13-19)31-16-30-22/h4-7,12-13,18H,8-11,14-16H2,1-3H3,(H,25,28)/t18-/m0/s1. The summed E-state index contributed by atoms with van der Waals surface area (Å²) < 4.78 is 16.3. The summed E-state index contributed by atoms with van der Waals surface area (Å²) in [6.07, 6.45) is 0. The summed E-state index contributed by atoms with van der Waals surface area (Å²) in [5.74, 6) is 2.47. The Bertz CT molecular complexity index is 925. The second-order valence-corrected chi connectivity index (χ2v) is 8.27. The largest absolute Gasteiger partial charge is 0.496 e. The van der Waals surface area contributed by atoms with Crippen LogP contribution in [0.25, 0.3) is 0 Å². The zero-order chi connectivity index (χ0) is 21.8. The molecule has 4 rings (SSSR count). The van der Waals surface area contributed by atoms with Crippen molar-refractivity contribution in [3.05, 3.63) is 53.1 Å². The Balaban J connectivity index is 1.24. The molecule has 1 saturated heterocycles. The first-order valence-corrected chi connectivity index (χ1v) is 10.8. The molecule has 0 unspecified atom stereocenters. The minimum absolute atomic E-state index is 0.0407. The van der Waals surface area contributed by atoms with Gasteiger partial charge in [-0.25, -0.2) is 0 Å². The topological polar surface area (TPSA) is 63.3 Å². The highest BCUT2D eigenvalue weighted by molar-refractivity contribution is 5.78. The highest BCUT2D eigenvalue weighted by atomic mass is 16.7. The van der Waals surface area contributed by atoms with Crippen LogP contribution < -0.4 is 19.5 Å². The number of nitrogens with one attached hydrogen (secondary N) is 1. The van der Waals surface area contributed by atoms with E-state index in [-0.39, 0.29) is 18.7 Å². The number of ether oxygens (including phenoxy) is 3. The summed E-state index contributed by atoms with van der Waals surface area (Å²) in [5.41, 5.74) is 3.46. The molecule has 0 bridgehead atoms. The molecule has 1 N–H and O–H groups in total. The van der Waals surface area contributed by atoms with Crippen LogP contribution in [0.15, 0.2) is 36.4 Å². The Morgan fingerprint density at radius 3 is 2.58 bits per heavy atom. The van der Waals surface area contributed by atoms with E-state index in [2.05, 4.69) is 34.2 Å². The number of carbonyl (C=O) groups excluding carboxylic acids is 1. The number of carbonyl (C=O) groups is 1. The predicted octanol–water partition coefficient (Wildman–Crippen LogP) is 2.73. The minimum atomic E-state index is -0.0860. The van der Waals surface area contributed by atoms with Crippen molar-refractivity contribution in [3.63, 3.8) is 0 Å². The minimum Gasteiger partial charge on any atom is -0.496 e. The van der Waals surface area contributed by atoms with Crippen LogP contribution in [0.1, 0.15) is 29.7 Å². The van der Waals surface area contributed by atoms with Crippen LogP contribution in [0.5, 0.6) is 17.2 Å². The van der Waals surface area contributed by atoms with Crippen LogP contribution in [-0.2, 0) is 11.3 Å². The van der Waals surface area contributed by atoms with Gasteiger partial charge in [0.1, 0.15) is 5.75 Å². The van der Waals surface area contributed by atoms with Gasteiger partial charge in [0.05, 0.1) is 19.7 Å². The fourth-order valence-corrected chi connectivity index (χ4v) is 4.13. The van der Waals surface area contributed by atoms with Gasteiger partial charge in [-0.1, -0.05) is 23.8 Å². The van der Waals surface area contributed by atoms with Gasteiger partial charge >= 0.3 is 0 Å². The van der Waals surface area contributed by atoms with E-state index in [4.69, 9.17) is 14.2 Å². The van der Waals surface area contributed by atoms with Gasteiger partial charge in [0.15, 0.2) is 11.5 Å². The van der Waals surface area contributed by atoms with Crippen molar-refractivity contribution in [2.45, 2.75) is 26.4 Å². The molecule has 166 valence electrons. The van der Waals surface area contributed by atoms with Crippen LogP contribution in [0.2, 0.25) is 0 Å². The Morgan fingerprint density at radius 1 is 1.06 bits per heavy atom. The normalized spacial score (nSPS) is 17.4. The van der Waals surface area contributed by atoms with Crippen LogP contribution in [-0.4, -0.2) is 62.3 Å². The van der Waals surface area contributed by atoms with E-state index in [1.165, 1.54) is 11.1 Å². The summed E-state index contributed by atoms with van der Waals surface area (Å²) in [6.45, 7) is 9.24. The van der Waals surface area contributed by atoms with E-state index in [0.717, 1.165) is 55.5 Å². The van der Waals surface area contributed by atoms with E-state index in [0.29, 0.717) is 6.54 Å². The van der Waals surface area contributed by atoms with Gasteiger partial charge in [0.25, 0.3) is 0 Å². The molecule has 31 heavy (non-hydrogen) atoms. The third-order valence-electron chi connectivity index (χ3n) is 5.94. The third kappa shape index (κ3) is 5.29. The smallest absolute Gasteiger partial charge is 0.234 e. The summed E-state index contributed by atoms with van der Waals surface area (Å²) in [6, 6.07) is 12.0. The van der Waals surface area contributed by atoms with Gasteiger partial charge in [-0.15, -0.1) is 0 Å². The Hall–Kier alpha value is -2.77. The predicted molar refractivity (Wildman–Crippen MR) is 119 cm³/mol. The first kappa shape index (κ1) is 21.5. The molecular weight excluding hydrogens is 394 g/mol. The molecule has 7 heteroatoms. The number of amides is 1. The maximum atomic E-state index is 12.6. The van der Waals surface area contributed by atoms with Gasteiger partial charge in [0.2, 0.25) is 12.7 Å². The lowest BCUT2D eigenvalue weighted by molar-refractivity contribution is -0.123. The number of piperazine rings is 1. The van der Waals surface area contributed by atoms with E-state index in [9.17, 15) is 4.79 Å². The average Bonchev–Trinajstić information content (AvgIpc) is 3.23. The SMILES string of the molecule is COc1ccc(C)cc1CN1CCN(CC(=O)N[C@@H](C)c2ccc3c(c2)OCO3)CC1. The van der Waals surface area contributed by atoms with Crippen molar-refractivity contribution in [1.29, 1.82) is 0 Å². The lowest BCUT2D eigenvalue weighted by Crippen LogP contribution is -2.49. The number of methoxy groups -OCH3 is 1. The number of nitrogens with zero attached hydrogens (tertiary/aromatic N) is 2. The molecule has 1 amide bonds. The molecule has 7 nitrogen and oxygen atoms in total. The van der Waals surface area contributed by atoms with Crippen molar-refractivity contribution in [3.8, 4) is 17.2 Å². The molecule has 1 fully saturated rings. The highest BCUT2D eigenvalue weighted by Gasteiger charge is 2.22. The molecule has 2 aliphatic heterocycles.